The zero-order valence-electron chi connectivity index (χ0n) is 14.4. The molecule has 121 valence electrons. The molecule has 2 heterocycles. The summed E-state index contributed by atoms with van der Waals surface area (Å²) < 4.78 is 5.89. The third kappa shape index (κ3) is 2.21. The van der Waals surface area contributed by atoms with E-state index in [1.54, 1.807) is 0 Å². The van der Waals surface area contributed by atoms with Crippen LogP contribution in [0.5, 0.6) is 5.75 Å². The van der Waals surface area contributed by atoms with Crippen molar-refractivity contribution in [1.29, 1.82) is 0 Å². The zero-order chi connectivity index (χ0) is 17.0. The molecule has 1 aliphatic heterocycles. The minimum absolute atomic E-state index is 0.758. The Morgan fingerprint density at radius 3 is 2.84 bits per heavy atom. The van der Waals surface area contributed by atoms with E-state index in [4.69, 9.17) is 9.72 Å². The fourth-order valence-electron chi connectivity index (χ4n) is 3.88. The molecule has 0 fully saturated rings. The maximum atomic E-state index is 5.89. The molecule has 0 saturated carbocycles. The molecule has 25 heavy (non-hydrogen) atoms. The molecule has 0 aliphatic carbocycles. The van der Waals surface area contributed by atoms with E-state index in [2.05, 4.69) is 61.5 Å². The van der Waals surface area contributed by atoms with Gasteiger partial charge >= 0.3 is 0 Å². The van der Waals surface area contributed by atoms with Gasteiger partial charge in [-0.25, -0.2) is 0 Å². The summed E-state index contributed by atoms with van der Waals surface area (Å²) in [7, 11) is 0. The number of pyridine rings is 1. The van der Waals surface area contributed by atoms with Gasteiger partial charge in [0.15, 0.2) is 0 Å². The van der Waals surface area contributed by atoms with Gasteiger partial charge in [-0.3, -0.25) is 4.98 Å². The van der Waals surface area contributed by atoms with Crippen LogP contribution in [0.2, 0.25) is 0 Å². The molecule has 0 amide bonds. The number of aryl methyl sites for hydroxylation is 2. The van der Waals surface area contributed by atoms with Crippen LogP contribution in [-0.4, -0.2) is 11.6 Å². The molecule has 3 aromatic carbocycles. The van der Waals surface area contributed by atoms with Gasteiger partial charge in [-0.2, -0.15) is 0 Å². The van der Waals surface area contributed by atoms with Crippen LogP contribution in [0, 0.1) is 19.9 Å². The highest BCUT2D eigenvalue weighted by Gasteiger charge is 2.17. The van der Waals surface area contributed by atoms with E-state index < -0.39 is 0 Å². The second kappa shape index (κ2) is 5.32. The number of hydrogen-bond acceptors (Lipinski definition) is 2. The van der Waals surface area contributed by atoms with E-state index in [9.17, 15) is 0 Å². The standard InChI is InChI=1S/C23H18NO/c1-14-12-20(18-7-6-15(2)24-21(18)13-14)17-8-9-22-23-16(10-11-25-22)4-3-5-19(17)23/h3-9,13H,10-11H2,1-2H3. The molecule has 5 rings (SSSR count). The Bertz CT molecular complexity index is 1130. The maximum Gasteiger partial charge on any atom is 0.127 e. The Morgan fingerprint density at radius 1 is 1.00 bits per heavy atom. The molecule has 0 unspecified atom stereocenters. The van der Waals surface area contributed by atoms with Crippen LogP contribution >= 0.6 is 0 Å². The molecule has 0 N–H and O–H groups in total. The fourth-order valence-corrected chi connectivity index (χ4v) is 3.88. The van der Waals surface area contributed by atoms with Crippen molar-refractivity contribution in [3.05, 3.63) is 71.4 Å². The van der Waals surface area contributed by atoms with Gasteiger partial charge in [-0.05, 0) is 65.8 Å². The quantitative estimate of drug-likeness (QED) is 0.467. The van der Waals surface area contributed by atoms with Crippen LogP contribution in [0.4, 0.5) is 0 Å². The number of fused-ring (bicyclic) bond motifs is 1. The van der Waals surface area contributed by atoms with Crippen molar-refractivity contribution in [2.45, 2.75) is 20.3 Å². The number of nitrogens with zero attached hydrogens (tertiary/aromatic N) is 1. The molecule has 0 atom stereocenters. The minimum atomic E-state index is 0.758. The smallest absolute Gasteiger partial charge is 0.127 e. The fraction of sp³-hybridized carbons (Fsp3) is 0.174. The summed E-state index contributed by atoms with van der Waals surface area (Å²) in [4.78, 5) is 4.72. The summed E-state index contributed by atoms with van der Waals surface area (Å²) in [6, 6.07) is 20.7. The van der Waals surface area contributed by atoms with Crippen LogP contribution < -0.4 is 4.74 Å². The molecule has 0 spiro atoms. The normalized spacial score (nSPS) is 13.2. The van der Waals surface area contributed by atoms with Crippen LogP contribution in [0.25, 0.3) is 32.8 Å². The Labute approximate surface area is 147 Å². The average molecular weight is 324 g/mol. The summed E-state index contributed by atoms with van der Waals surface area (Å²) >= 11 is 0. The number of aromatic nitrogens is 1. The second-order valence-corrected chi connectivity index (χ2v) is 6.76. The Balaban J connectivity index is 1.89. The number of benzene rings is 3. The van der Waals surface area contributed by atoms with Crippen LogP contribution in [0.1, 0.15) is 16.8 Å². The first kappa shape index (κ1) is 14.5. The highest BCUT2D eigenvalue weighted by Crippen LogP contribution is 2.40. The largest absolute Gasteiger partial charge is 0.493 e. The van der Waals surface area contributed by atoms with E-state index in [1.165, 1.54) is 21.9 Å². The predicted octanol–water partition coefficient (Wildman–Crippen LogP) is 5.41. The van der Waals surface area contributed by atoms with Crippen LogP contribution in [0.3, 0.4) is 0 Å². The average Bonchev–Trinajstić information content (AvgIpc) is 2.61. The second-order valence-electron chi connectivity index (χ2n) is 6.76. The summed E-state index contributed by atoms with van der Waals surface area (Å²) in [5.74, 6) is 0.992. The first-order valence-corrected chi connectivity index (χ1v) is 8.69. The van der Waals surface area contributed by atoms with Crippen LogP contribution in [-0.2, 0) is 6.42 Å². The van der Waals surface area contributed by atoms with E-state index >= 15 is 0 Å². The third-order valence-corrected chi connectivity index (χ3v) is 5.00. The van der Waals surface area contributed by atoms with Crippen molar-refractivity contribution in [1.82, 2.24) is 4.98 Å². The SMILES string of the molecule is Cc1[c]c(-c2ccc3c4c(cccc24)CCO3)c2ccc(C)nc2c1. The van der Waals surface area contributed by atoms with E-state index in [0.29, 0.717) is 0 Å². The molecule has 2 heteroatoms. The Morgan fingerprint density at radius 2 is 1.92 bits per heavy atom. The van der Waals surface area contributed by atoms with Gasteiger partial charge in [0.2, 0.25) is 0 Å². The van der Waals surface area contributed by atoms with Crippen molar-refractivity contribution in [3.63, 3.8) is 0 Å². The molecule has 2 nitrogen and oxygen atoms in total. The zero-order valence-corrected chi connectivity index (χ0v) is 14.4. The first-order chi connectivity index (χ1) is 12.2. The molecule has 1 radical (unpaired) electrons. The lowest BCUT2D eigenvalue weighted by Gasteiger charge is -2.20. The van der Waals surface area contributed by atoms with Crippen molar-refractivity contribution >= 4 is 21.7 Å². The molecule has 1 aliphatic rings. The van der Waals surface area contributed by atoms with E-state index in [1.807, 2.05) is 6.92 Å². The lowest BCUT2D eigenvalue weighted by atomic mass is 9.90. The summed E-state index contributed by atoms with van der Waals surface area (Å²) in [6.45, 7) is 4.88. The van der Waals surface area contributed by atoms with E-state index in [-0.39, 0.29) is 0 Å². The van der Waals surface area contributed by atoms with Crippen molar-refractivity contribution in [2.75, 3.05) is 6.61 Å². The molecule has 0 bridgehead atoms. The molecular weight excluding hydrogens is 306 g/mol. The maximum absolute atomic E-state index is 5.89. The third-order valence-electron chi connectivity index (χ3n) is 5.00. The van der Waals surface area contributed by atoms with Crippen molar-refractivity contribution in [3.8, 4) is 16.9 Å². The summed E-state index contributed by atoms with van der Waals surface area (Å²) in [5, 5.41) is 3.63. The van der Waals surface area contributed by atoms with Gasteiger partial charge in [0.05, 0.1) is 12.1 Å². The van der Waals surface area contributed by atoms with Gasteiger partial charge in [-0.15, -0.1) is 0 Å². The lowest BCUT2D eigenvalue weighted by molar-refractivity contribution is 0.318. The van der Waals surface area contributed by atoms with Gasteiger partial charge in [0, 0.05) is 22.9 Å². The topological polar surface area (TPSA) is 22.1 Å². The van der Waals surface area contributed by atoms with Crippen LogP contribution in [0.15, 0.2) is 48.5 Å². The highest BCUT2D eigenvalue weighted by molar-refractivity contribution is 6.07. The first-order valence-electron chi connectivity index (χ1n) is 8.69. The molecular formula is C23H18NO. The molecule has 0 saturated heterocycles. The lowest BCUT2D eigenvalue weighted by Crippen LogP contribution is -2.08. The predicted molar refractivity (Wildman–Crippen MR) is 102 cm³/mol. The summed E-state index contributed by atoms with van der Waals surface area (Å²) in [6.07, 6.45) is 0.965. The monoisotopic (exact) mass is 324 g/mol. The van der Waals surface area contributed by atoms with Gasteiger partial charge in [0.25, 0.3) is 0 Å². The Hall–Kier alpha value is -2.87. The Kier molecular flexibility index (Phi) is 3.08. The minimum Gasteiger partial charge on any atom is -0.493 e. The number of hydrogen-bond donors (Lipinski definition) is 0. The number of ether oxygens (including phenoxy) is 1. The van der Waals surface area contributed by atoms with Gasteiger partial charge in [0.1, 0.15) is 5.75 Å². The van der Waals surface area contributed by atoms with Gasteiger partial charge < -0.3 is 4.74 Å². The highest BCUT2D eigenvalue weighted by atomic mass is 16.5. The van der Waals surface area contributed by atoms with E-state index in [0.717, 1.165) is 46.5 Å². The van der Waals surface area contributed by atoms with Gasteiger partial charge in [-0.1, -0.05) is 30.3 Å². The summed E-state index contributed by atoms with van der Waals surface area (Å²) in [5.41, 5.74) is 6.86. The number of rotatable bonds is 1. The van der Waals surface area contributed by atoms with Crippen molar-refractivity contribution in [2.24, 2.45) is 0 Å². The molecule has 1 aromatic heterocycles. The molecule has 4 aromatic rings. The van der Waals surface area contributed by atoms with Crippen molar-refractivity contribution < 1.29 is 4.74 Å².